The van der Waals surface area contributed by atoms with Gasteiger partial charge in [0, 0.05) is 25.3 Å². The maximum Gasteiger partial charge on any atom is 0.418 e. The van der Waals surface area contributed by atoms with Crippen LogP contribution in [0.2, 0.25) is 0 Å². The molecule has 1 heterocycles. The molecule has 1 aromatic carbocycles. The lowest BCUT2D eigenvalue weighted by atomic mass is 9.95. The highest BCUT2D eigenvalue weighted by Crippen LogP contribution is 2.38. The van der Waals surface area contributed by atoms with Crippen molar-refractivity contribution in [2.45, 2.75) is 32.2 Å². The monoisotopic (exact) mass is 288 g/mol. The van der Waals surface area contributed by atoms with Crippen LogP contribution < -0.4 is 10.6 Å². The molecule has 0 aliphatic carbocycles. The maximum absolute atomic E-state index is 13.2. The number of nitrogens with zero attached hydrogens (tertiary/aromatic N) is 1. The molecule has 0 bridgehead atoms. The first-order valence-corrected chi connectivity index (χ1v) is 6.66. The van der Waals surface area contributed by atoms with Gasteiger partial charge in [0.15, 0.2) is 0 Å². The van der Waals surface area contributed by atoms with Crippen LogP contribution in [0.4, 0.5) is 18.9 Å². The van der Waals surface area contributed by atoms with E-state index >= 15 is 0 Å². The zero-order chi connectivity index (χ0) is 14.9. The Kier molecular flexibility index (Phi) is 4.25. The highest BCUT2D eigenvalue weighted by molar-refractivity contribution is 5.57. The van der Waals surface area contributed by atoms with Gasteiger partial charge in [0.25, 0.3) is 0 Å². The lowest BCUT2D eigenvalue weighted by Gasteiger charge is -2.37. The molecule has 1 aromatic rings. The number of nitrogens with two attached hydrogens (primary N) is 1. The van der Waals surface area contributed by atoms with Crippen LogP contribution in [-0.4, -0.2) is 24.3 Å². The number of aliphatic hydroxyl groups excluding tert-OH is 1. The normalized spacial score (nSPS) is 24.0. The molecule has 6 heteroatoms. The van der Waals surface area contributed by atoms with E-state index in [9.17, 15) is 18.3 Å². The van der Waals surface area contributed by atoms with E-state index in [1.807, 2.05) is 6.92 Å². The molecule has 1 aliphatic heterocycles. The Bertz CT molecular complexity index is 476. The number of benzene rings is 1. The molecular weight excluding hydrogens is 269 g/mol. The van der Waals surface area contributed by atoms with Gasteiger partial charge in [-0.15, -0.1) is 0 Å². The molecule has 2 atom stereocenters. The van der Waals surface area contributed by atoms with Gasteiger partial charge in [0.05, 0.1) is 11.7 Å². The molecule has 2 unspecified atom stereocenters. The molecule has 1 saturated heterocycles. The minimum Gasteiger partial charge on any atom is -0.393 e. The number of hydrogen-bond acceptors (Lipinski definition) is 3. The van der Waals surface area contributed by atoms with Crippen molar-refractivity contribution >= 4 is 5.69 Å². The van der Waals surface area contributed by atoms with Crippen molar-refractivity contribution < 1.29 is 18.3 Å². The van der Waals surface area contributed by atoms with E-state index in [2.05, 4.69) is 0 Å². The molecule has 1 fully saturated rings. The minimum absolute atomic E-state index is 0.0426. The molecule has 1 aliphatic rings. The SMILES string of the molecule is CC1CN(c2ccc(CN)cc2C(F)(F)F)CCC1O. The Labute approximate surface area is 116 Å². The van der Waals surface area contributed by atoms with Crippen molar-refractivity contribution in [3.63, 3.8) is 0 Å². The highest BCUT2D eigenvalue weighted by atomic mass is 19.4. The fourth-order valence-electron chi connectivity index (χ4n) is 2.56. The lowest BCUT2D eigenvalue weighted by molar-refractivity contribution is -0.137. The van der Waals surface area contributed by atoms with Gasteiger partial charge in [-0.1, -0.05) is 13.0 Å². The molecule has 0 aromatic heterocycles. The Morgan fingerprint density at radius 3 is 2.65 bits per heavy atom. The van der Waals surface area contributed by atoms with Crippen LogP contribution in [0.25, 0.3) is 0 Å². The molecular formula is C14H19F3N2O. The second-order valence-corrected chi connectivity index (χ2v) is 5.33. The van der Waals surface area contributed by atoms with Gasteiger partial charge in [0.2, 0.25) is 0 Å². The number of hydrogen-bond donors (Lipinski definition) is 2. The summed E-state index contributed by atoms with van der Waals surface area (Å²) in [6.45, 7) is 2.78. The smallest absolute Gasteiger partial charge is 0.393 e. The van der Waals surface area contributed by atoms with E-state index in [0.717, 1.165) is 6.07 Å². The first-order chi connectivity index (χ1) is 9.32. The number of alkyl halides is 3. The molecule has 2 rings (SSSR count). The van der Waals surface area contributed by atoms with E-state index in [-0.39, 0.29) is 18.2 Å². The molecule has 3 nitrogen and oxygen atoms in total. The maximum atomic E-state index is 13.2. The predicted molar refractivity (Wildman–Crippen MR) is 71.3 cm³/mol. The van der Waals surface area contributed by atoms with Crippen LogP contribution in [0.3, 0.4) is 0 Å². The highest BCUT2D eigenvalue weighted by Gasteiger charge is 2.36. The molecule has 112 valence electrons. The molecule has 0 saturated carbocycles. The van der Waals surface area contributed by atoms with Crippen LogP contribution in [0.15, 0.2) is 18.2 Å². The number of aliphatic hydroxyl groups is 1. The van der Waals surface area contributed by atoms with Crippen molar-refractivity contribution in [1.82, 2.24) is 0 Å². The van der Waals surface area contributed by atoms with Crippen molar-refractivity contribution in [2.75, 3.05) is 18.0 Å². The quantitative estimate of drug-likeness (QED) is 0.878. The summed E-state index contributed by atoms with van der Waals surface area (Å²) in [5.74, 6) is -0.0426. The van der Waals surface area contributed by atoms with Gasteiger partial charge < -0.3 is 15.7 Å². The van der Waals surface area contributed by atoms with Gasteiger partial charge >= 0.3 is 6.18 Å². The summed E-state index contributed by atoms with van der Waals surface area (Å²) < 4.78 is 39.5. The van der Waals surface area contributed by atoms with Crippen LogP contribution in [0.5, 0.6) is 0 Å². The molecule has 3 N–H and O–H groups in total. The Hall–Kier alpha value is -1.27. The average Bonchev–Trinajstić information content (AvgIpc) is 2.40. The largest absolute Gasteiger partial charge is 0.418 e. The zero-order valence-electron chi connectivity index (χ0n) is 11.3. The fourth-order valence-corrected chi connectivity index (χ4v) is 2.56. The standard InChI is InChI=1S/C14H19F3N2O/c1-9-8-19(5-4-13(9)20)12-3-2-10(7-18)6-11(12)14(15,16)17/h2-3,6,9,13,20H,4-5,7-8,18H2,1H3. The molecule has 20 heavy (non-hydrogen) atoms. The summed E-state index contributed by atoms with van der Waals surface area (Å²) in [7, 11) is 0. The number of rotatable bonds is 2. The molecule has 0 spiro atoms. The predicted octanol–water partition coefficient (Wildman–Crippen LogP) is 2.37. The Balaban J connectivity index is 2.36. The van der Waals surface area contributed by atoms with E-state index in [4.69, 9.17) is 5.73 Å². The molecule has 0 amide bonds. The summed E-state index contributed by atoms with van der Waals surface area (Å²) in [6, 6.07) is 4.22. The third-order valence-electron chi connectivity index (χ3n) is 3.80. The second-order valence-electron chi connectivity index (χ2n) is 5.33. The summed E-state index contributed by atoms with van der Waals surface area (Å²) in [6.07, 6.45) is -4.36. The lowest BCUT2D eigenvalue weighted by Crippen LogP contribution is -2.42. The van der Waals surface area contributed by atoms with Crippen LogP contribution >= 0.6 is 0 Å². The van der Waals surface area contributed by atoms with E-state index in [1.165, 1.54) is 6.07 Å². The van der Waals surface area contributed by atoms with Crippen LogP contribution in [0.1, 0.15) is 24.5 Å². The summed E-state index contributed by atoms with van der Waals surface area (Å²) >= 11 is 0. The van der Waals surface area contributed by atoms with Gasteiger partial charge in [-0.2, -0.15) is 13.2 Å². The average molecular weight is 288 g/mol. The van der Waals surface area contributed by atoms with E-state index in [0.29, 0.717) is 25.1 Å². The van der Waals surface area contributed by atoms with E-state index in [1.54, 1.807) is 11.0 Å². The van der Waals surface area contributed by atoms with Gasteiger partial charge in [-0.25, -0.2) is 0 Å². The van der Waals surface area contributed by atoms with Crippen molar-refractivity contribution in [1.29, 1.82) is 0 Å². The van der Waals surface area contributed by atoms with Crippen molar-refractivity contribution in [3.05, 3.63) is 29.3 Å². The van der Waals surface area contributed by atoms with Crippen LogP contribution in [-0.2, 0) is 12.7 Å². The fraction of sp³-hybridized carbons (Fsp3) is 0.571. The molecule has 0 radical (unpaired) electrons. The van der Waals surface area contributed by atoms with Gasteiger partial charge in [0.1, 0.15) is 0 Å². The Morgan fingerprint density at radius 2 is 2.10 bits per heavy atom. The van der Waals surface area contributed by atoms with Gasteiger partial charge in [-0.3, -0.25) is 0 Å². The number of halogens is 3. The zero-order valence-corrected chi connectivity index (χ0v) is 11.3. The summed E-state index contributed by atoms with van der Waals surface area (Å²) in [5.41, 5.74) is 5.41. The third-order valence-corrected chi connectivity index (χ3v) is 3.80. The Morgan fingerprint density at radius 1 is 1.40 bits per heavy atom. The van der Waals surface area contributed by atoms with Gasteiger partial charge in [-0.05, 0) is 30.0 Å². The summed E-state index contributed by atoms with van der Waals surface area (Å²) in [5, 5.41) is 9.69. The topological polar surface area (TPSA) is 49.5 Å². The van der Waals surface area contributed by atoms with Crippen molar-refractivity contribution in [2.24, 2.45) is 11.7 Å². The van der Waals surface area contributed by atoms with Crippen LogP contribution in [0, 0.1) is 5.92 Å². The number of anilines is 1. The first-order valence-electron chi connectivity index (χ1n) is 6.66. The number of piperidine rings is 1. The third kappa shape index (κ3) is 3.07. The first kappa shape index (κ1) is 15.1. The van der Waals surface area contributed by atoms with Crippen molar-refractivity contribution in [3.8, 4) is 0 Å². The van der Waals surface area contributed by atoms with E-state index < -0.39 is 17.8 Å². The second kappa shape index (κ2) is 5.61. The summed E-state index contributed by atoms with van der Waals surface area (Å²) in [4.78, 5) is 1.69. The minimum atomic E-state index is -4.40.